The van der Waals surface area contributed by atoms with Crippen molar-refractivity contribution in [2.75, 3.05) is 25.1 Å². The molecule has 0 radical (unpaired) electrons. The van der Waals surface area contributed by atoms with Gasteiger partial charge in [0, 0.05) is 26.1 Å². The van der Waals surface area contributed by atoms with Crippen LogP contribution < -0.4 is 20.5 Å². The summed E-state index contributed by atoms with van der Waals surface area (Å²) in [4.78, 5) is 44.3. The number of nitrogens with one attached hydrogen (secondary N) is 1. The van der Waals surface area contributed by atoms with E-state index in [2.05, 4.69) is 30.2 Å². The van der Waals surface area contributed by atoms with Crippen molar-refractivity contribution < 1.29 is 9.53 Å². The van der Waals surface area contributed by atoms with Crippen molar-refractivity contribution in [3.8, 4) is 6.01 Å². The molecule has 162 valence electrons. The summed E-state index contributed by atoms with van der Waals surface area (Å²) in [5.74, 6) is 0.800. The summed E-state index contributed by atoms with van der Waals surface area (Å²) in [6.07, 6.45) is 5.02. The number of aromatic nitrogens is 5. The summed E-state index contributed by atoms with van der Waals surface area (Å²) in [7, 11) is 1.51. The van der Waals surface area contributed by atoms with Crippen molar-refractivity contribution in [3.63, 3.8) is 0 Å². The second-order valence-corrected chi connectivity index (χ2v) is 7.37. The molecule has 1 fully saturated rings. The fourth-order valence-electron chi connectivity index (χ4n) is 3.55. The molecule has 0 atom stereocenters. The summed E-state index contributed by atoms with van der Waals surface area (Å²) in [6, 6.07) is 7.38. The van der Waals surface area contributed by atoms with Crippen molar-refractivity contribution >= 4 is 22.8 Å². The Kier molecular flexibility index (Phi) is 6.34. The molecule has 0 saturated carbocycles. The van der Waals surface area contributed by atoms with Gasteiger partial charge in [-0.15, -0.1) is 0 Å². The molecular weight excluding hydrogens is 398 g/mol. The summed E-state index contributed by atoms with van der Waals surface area (Å²) in [5, 5.41) is 3.34. The Morgan fingerprint density at radius 3 is 2.74 bits per heavy atom. The molecule has 4 rings (SSSR count). The van der Waals surface area contributed by atoms with Crippen LogP contribution in [-0.4, -0.2) is 50.6 Å². The van der Waals surface area contributed by atoms with Crippen LogP contribution >= 0.6 is 0 Å². The molecule has 0 bridgehead atoms. The second kappa shape index (κ2) is 9.50. The quantitative estimate of drug-likeness (QED) is 0.604. The van der Waals surface area contributed by atoms with Crippen molar-refractivity contribution in [1.29, 1.82) is 0 Å². The lowest BCUT2D eigenvalue weighted by atomic mass is 10.1. The van der Waals surface area contributed by atoms with E-state index < -0.39 is 0 Å². The van der Waals surface area contributed by atoms with E-state index in [1.807, 2.05) is 6.07 Å². The Balaban J connectivity index is 1.37. The fourth-order valence-corrected chi connectivity index (χ4v) is 3.55. The molecule has 1 aliphatic rings. The lowest BCUT2D eigenvalue weighted by Gasteiger charge is -2.26. The van der Waals surface area contributed by atoms with E-state index in [1.165, 1.54) is 24.4 Å². The molecule has 0 aliphatic carbocycles. The molecule has 0 spiro atoms. The van der Waals surface area contributed by atoms with Crippen LogP contribution in [0.3, 0.4) is 0 Å². The Morgan fingerprint density at radius 1 is 1.13 bits per heavy atom. The van der Waals surface area contributed by atoms with Crippen LogP contribution in [0.4, 0.5) is 5.95 Å². The van der Waals surface area contributed by atoms with E-state index in [4.69, 9.17) is 4.74 Å². The Labute approximate surface area is 179 Å². The molecule has 1 amide bonds. The topological polar surface area (TPSA) is 115 Å². The zero-order valence-corrected chi connectivity index (χ0v) is 17.5. The molecule has 10 nitrogen and oxygen atoms in total. The largest absolute Gasteiger partial charge is 0.467 e. The van der Waals surface area contributed by atoms with Gasteiger partial charge in [0.25, 0.3) is 5.56 Å². The highest BCUT2D eigenvalue weighted by molar-refractivity contribution is 5.77. The maximum atomic E-state index is 12.5. The Morgan fingerprint density at radius 2 is 1.94 bits per heavy atom. The number of amides is 1. The van der Waals surface area contributed by atoms with Crippen LogP contribution in [-0.2, 0) is 17.9 Å². The number of carbonyl (C=O) groups excluding carboxylic acids is 1. The van der Waals surface area contributed by atoms with E-state index >= 15 is 0 Å². The first-order chi connectivity index (χ1) is 15.1. The zero-order chi connectivity index (χ0) is 21.6. The van der Waals surface area contributed by atoms with Gasteiger partial charge >= 0.3 is 6.01 Å². The number of piperidine rings is 1. The van der Waals surface area contributed by atoms with Crippen molar-refractivity contribution in [2.45, 2.75) is 38.8 Å². The minimum absolute atomic E-state index is 0.140. The van der Waals surface area contributed by atoms with E-state index in [0.717, 1.165) is 25.9 Å². The summed E-state index contributed by atoms with van der Waals surface area (Å²) >= 11 is 0. The average molecular weight is 423 g/mol. The molecular formula is C21H25N7O3. The molecule has 1 saturated heterocycles. The Hall–Kier alpha value is -3.56. The fraction of sp³-hybridized carbons (Fsp3) is 0.429. The van der Waals surface area contributed by atoms with Gasteiger partial charge in [-0.2, -0.15) is 15.0 Å². The maximum Gasteiger partial charge on any atom is 0.321 e. The lowest BCUT2D eigenvalue weighted by Crippen LogP contribution is -2.32. The molecule has 31 heavy (non-hydrogen) atoms. The molecule has 10 heteroatoms. The predicted octanol–water partition coefficient (Wildman–Crippen LogP) is 1.29. The van der Waals surface area contributed by atoms with Gasteiger partial charge in [0.2, 0.25) is 11.9 Å². The summed E-state index contributed by atoms with van der Waals surface area (Å²) in [5.41, 5.74) is 0.480. The smallest absolute Gasteiger partial charge is 0.321 e. The highest BCUT2D eigenvalue weighted by Gasteiger charge is 2.17. The van der Waals surface area contributed by atoms with Crippen LogP contribution in [0.2, 0.25) is 0 Å². The SMILES string of the molecule is COc1nc(CNC(=O)CCn2cnc3ccccc3c2=O)nc(N2CCCCC2)n1. The van der Waals surface area contributed by atoms with E-state index in [1.54, 1.807) is 18.2 Å². The average Bonchev–Trinajstić information content (AvgIpc) is 2.83. The first-order valence-electron chi connectivity index (χ1n) is 10.4. The van der Waals surface area contributed by atoms with Gasteiger partial charge < -0.3 is 15.0 Å². The van der Waals surface area contributed by atoms with Gasteiger partial charge in [-0.25, -0.2) is 4.98 Å². The monoisotopic (exact) mass is 423 g/mol. The highest BCUT2D eigenvalue weighted by Crippen LogP contribution is 2.17. The van der Waals surface area contributed by atoms with Gasteiger partial charge in [0.05, 0.1) is 30.9 Å². The normalized spacial score (nSPS) is 13.9. The molecule has 1 aliphatic heterocycles. The van der Waals surface area contributed by atoms with Crippen LogP contribution in [0.15, 0.2) is 35.4 Å². The number of rotatable bonds is 7. The van der Waals surface area contributed by atoms with Crippen molar-refractivity contribution in [3.05, 3.63) is 46.8 Å². The number of methoxy groups -OCH3 is 1. The van der Waals surface area contributed by atoms with E-state index in [9.17, 15) is 9.59 Å². The minimum atomic E-state index is -0.209. The maximum absolute atomic E-state index is 12.5. The number of benzene rings is 1. The number of fused-ring (bicyclic) bond motifs is 1. The molecule has 1 N–H and O–H groups in total. The lowest BCUT2D eigenvalue weighted by molar-refractivity contribution is -0.121. The first-order valence-corrected chi connectivity index (χ1v) is 10.4. The van der Waals surface area contributed by atoms with Crippen molar-refractivity contribution in [2.24, 2.45) is 0 Å². The van der Waals surface area contributed by atoms with Crippen molar-refractivity contribution in [1.82, 2.24) is 29.8 Å². The molecule has 3 aromatic rings. The van der Waals surface area contributed by atoms with Gasteiger partial charge in [-0.05, 0) is 31.4 Å². The van der Waals surface area contributed by atoms with Crippen LogP contribution in [0.25, 0.3) is 10.9 Å². The van der Waals surface area contributed by atoms with Gasteiger partial charge in [0.15, 0.2) is 5.82 Å². The van der Waals surface area contributed by atoms with Crippen LogP contribution in [0, 0.1) is 0 Å². The Bertz CT molecular complexity index is 1130. The third kappa shape index (κ3) is 4.96. The molecule has 0 unspecified atom stereocenters. The summed E-state index contributed by atoms with van der Waals surface area (Å²) in [6.45, 7) is 2.19. The number of ether oxygens (including phenoxy) is 1. The standard InChI is InChI=1S/C21H25N7O3/c1-31-21-25-17(24-20(26-21)27-10-5-2-6-11-27)13-22-18(29)9-12-28-14-23-16-8-4-3-7-15(16)19(28)30/h3-4,7-8,14H,2,5-6,9-13H2,1H3,(H,22,29). The predicted molar refractivity (Wildman–Crippen MR) is 115 cm³/mol. The van der Waals surface area contributed by atoms with E-state index in [0.29, 0.717) is 22.7 Å². The first kappa shape index (κ1) is 20.7. The molecule has 1 aromatic carbocycles. The van der Waals surface area contributed by atoms with Gasteiger partial charge in [-0.1, -0.05) is 12.1 Å². The number of hydrogen-bond donors (Lipinski definition) is 1. The van der Waals surface area contributed by atoms with Crippen LogP contribution in [0.5, 0.6) is 6.01 Å². The number of para-hydroxylation sites is 1. The van der Waals surface area contributed by atoms with Crippen LogP contribution in [0.1, 0.15) is 31.5 Å². The van der Waals surface area contributed by atoms with E-state index in [-0.39, 0.29) is 37.0 Å². The highest BCUT2D eigenvalue weighted by atomic mass is 16.5. The van der Waals surface area contributed by atoms with Gasteiger partial charge in [-0.3, -0.25) is 14.2 Å². The van der Waals surface area contributed by atoms with Gasteiger partial charge in [0.1, 0.15) is 0 Å². The molecule has 3 heterocycles. The minimum Gasteiger partial charge on any atom is -0.467 e. The number of carbonyl (C=O) groups is 1. The number of aryl methyl sites for hydroxylation is 1. The number of anilines is 1. The molecule has 2 aromatic heterocycles. The third-order valence-electron chi connectivity index (χ3n) is 5.23. The third-order valence-corrected chi connectivity index (χ3v) is 5.23. The number of hydrogen-bond acceptors (Lipinski definition) is 8. The second-order valence-electron chi connectivity index (χ2n) is 7.37. The summed E-state index contributed by atoms with van der Waals surface area (Å²) < 4.78 is 6.65. The zero-order valence-electron chi connectivity index (χ0n) is 17.5. The number of nitrogens with zero attached hydrogens (tertiary/aromatic N) is 6.